The Balaban J connectivity index is 1.90. The first kappa shape index (κ1) is 13.5. The van der Waals surface area contributed by atoms with E-state index in [2.05, 4.69) is 29.2 Å². The number of nitrogens with one attached hydrogen (secondary N) is 1. The summed E-state index contributed by atoms with van der Waals surface area (Å²) in [5.41, 5.74) is 5.89. The first-order chi connectivity index (χ1) is 11.4. The van der Waals surface area contributed by atoms with Crippen LogP contribution in [0.1, 0.15) is 10.4 Å². The Labute approximate surface area is 134 Å². The lowest BCUT2D eigenvalue weighted by atomic mass is 10.00. The molecular formula is C21H15NO. The number of aromatic amines is 1. The third-order valence-corrected chi connectivity index (χ3v) is 4.12. The summed E-state index contributed by atoms with van der Waals surface area (Å²) in [5.74, 6) is 0. The van der Waals surface area contributed by atoms with Crippen LogP contribution in [-0.2, 0) is 0 Å². The van der Waals surface area contributed by atoms with Crippen molar-refractivity contribution in [1.82, 2.24) is 4.98 Å². The average Bonchev–Trinajstić information content (AvgIpc) is 3.01. The van der Waals surface area contributed by atoms with Gasteiger partial charge < -0.3 is 4.98 Å². The molecule has 110 valence electrons. The van der Waals surface area contributed by atoms with Crippen molar-refractivity contribution in [3.05, 3.63) is 84.4 Å². The summed E-state index contributed by atoms with van der Waals surface area (Å²) in [6, 6.07) is 26.4. The standard InChI is InChI=1S/C21H15NO/c23-14-19-18-11-4-5-12-20(18)22-21(19)17-10-6-9-16(13-17)15-7-2-1-3-8-15/h1-14,22H. The number of aldehydes is 1. The lowest BCUT2D eigenvalue weighted by Crippen LogP contribution is -1.86. The minimum absolute atomic E-state index is 0.714. The van der Waals surface area contributed by atoms with E-state index in [1.807, 2.05) is 54.6 Å². The molecular weight excluding hydrogens is 282 g/mol. The first-order valence-electron chi connectivity index (χ1n) is 7.58. The van der Waals surface area contributed by atoms with E-state index in [0.29, 0.717) is 5.56 Å². The molecule has 3 aromatic carbocycles. The van der Waals surface area contributed by atoms with Gasteiger partial charge in [-0.05, 0) is 28.8 Å². The van der Waals surface area contributed by atoms with Crippen LogP contribution in [0.3, 0.4) is 0 Å². The summed E-state index contributed by atoms with van der Waals surface area (Å²) < 4.78 is 0. The minimum Gasteiger partial charge on any atom is -0.354 e. The van der Waals surface area contributed by atoms with Gasteiger partial charge in [-0.1, -0.05) is 66.7 Å². The van der Waals surface area contributed by atoms with Crippen molar-refractivity contribution < 1.29 is 4.79 Å². The van der Waals surface area contributed by atoms with Crippen molar-refractivity contribution in [2.45, 2.75) is 0 Å². The summed E-state index contributed by atoms with van der Waals surface area (Å²) in [6.45, 7) is 0. The topological polar surface area (TPSA) is 32.9 Å². The fourth-order valence-corrected chi connectivity index (χ4v) is 3.00. The molecule has 0 aliphatic rings. The predicted octanol–water partition coefficient (Wildman–Crippen LogP) is 5.31. The van der Waals surface area contributed by atoms with Crippen molar-refractivity contribution in [3.63, 3.8) is 0 Å². The number of H-pyrrole nitrogens is 1. The SMILES string of the molecule is O=Cc1c(-c2cccc(-c3ccccc3)c2)[nH]c2ccccc12. The average molecular weight is 297 g/mol. The smallest absolute Gasteiger partial charge is 0.152 e. The van der Waals surface area contributed by atoms with E-state index in [9.17, 15) is 4.79 Å². The van der Waals surface area contributed by atoms with E-state index >= 15 is 0 Å². The molecule has 23 heavy (non-hydrogen) atoms. The number of carbonyl (C=O) groups is 1. The molecule has 0 radical (unpaired) electrons. The third kappa shape index (κ3) is 2.34. The molecule has 4 aromatic rings. The number of benzene rings is 3. The number of fused-ring (bicyclic) bond motifs is 1. The van der Waals surface area contributed by atoms with Gasteiger partial charge in [0, 0.05) is 16.5 Å². The number of rotatable bonds is 3. The second-order valence-corrected chi connectivity index (χ2v) is 5.52. The second-order valence-electron chi connectivity index (χ2n) is 5.52. The molecule has 4 rings (SSSR count). The van der Waals surface area contributed by atoms with Gasteiger partial charge in [-0.2, -0.15) is 0 Å². The highest BCUT2D eigenvalue weighted by molar-refractivity contribution is 6.04. The zero-order chi connectivity index (χ0) is 15.6. The highest BCUT2D eigenvalue weighted by Gasteiger charge is 2.12. The molecule has 0 saturated heterocycles. The Morgan fingerprint density at radius 1 is 0.696 bits per heavy atom. The van der Waals surface area contributed by atoms with Crippen LogP contribution < -0.4 is 0 Å². The van der Waals surface area contributed by atoms with E-state index < -0.39 is 0 Å². The molecule has 1 aromatic heterocycles. The van der Waals surface area contributed by atoms with E-state index in [1.165, 1.54) is 0 Å². The largest absolute Gasteiger partial charge is 0.354 e. The first-order valence-corrected chi connectivity index (χ1v) is 7.58. The van der Waals surface area contributed by atoms with Gasteiger partial charge in [-0.25, -0.2) is 0 Å². The molecule has 0 bridgehead atoms. The van der Waals surface area contributed by atoms with Crippen LogP contribution in [0, 0.1) is 0 Å². The number of hydrogen-bond donors (Lipinski definition) is 1. The van der Waals surface area contributed by atoms with Crippen LogP contribution in [0.2, 0.25) is 0 Å². The second kappa shape index (κ2) is 5.58. The maximum atomic E-state index is 11.6. The van der Waals surface area contributed by atoms with Gasteiger partial charge >= 0.3 is 0 Å². The van der Waals surface area contributed by atoms with Crippen molar-refractivity contribution in [1.29, 1.82) is 0 Å². The molecule has 0 aliphatic heterocycles. The van der Waals surface area contributed by atoms with E-state index in [1.54, 1.807) is 0 Å². The van der Waals surface area contributed by atoms with Gasteiger partial charge in [0.05, 0.1) is 5.69 Å². The lowest BCUT2D eigenvalue weighted by Gasteiger charge is -2.05. The Morgan fingerprint density at radius 2 is 1.39 bits per heavy atom. The monoisotopic (exact) mass is 297 g/mol. The number of aromatic nitrogens is 1. The van der Waals surface area contributed by atoms with Crippen LogP contribution in [-0.4, -0.2) is 11.3 Å². The molecule has 0 spiro atoms. The maximum absolute atomic E-state index is 11.6. The maximum Gasteiger partial charge on any atom is 0.152 e. The Kier molecular flexibility index (Phi) is 3.28. The predicted molar refractivity (Wildman–Crippen MR) is 94.6 cm³/mol. The van der Waals surface area contributed by atoms with Gasteiger partial charge in [0.15, 0.2) is 6.29 Å². The van der Waals surface area contributed by atoms with Crippen LogP contribution in [0.15, 0.2) is 78.9 Å². The number of carbonyl (C=O) groups excluding carboxylic acids is 1. The number of para-hydroxylation sites is 1. The molecule has 0 unspecified atom stereocenters. The van der Waals surface area contributed by atoms with Gasteiger partial charge in [0.25, 0.3) is 0 Å². The third-order valence-electron chi connectivity index (χ3n) is 4.12. The highest BCUT2D eigenvalue weighted by atomic mass is 16.1. The molecule has 1 N–H and O–H groups in total. The van der Waals surface area contributed by atoms with Gasteiger partial charge in [-0.3, -0.25) is 4.79 Å². The van der Waals surface area contributed by atoms with Gasteiger partial charge in [-0.15, -0.1) is 0 Å². The quantitative estimate of drug-likeness (QED) is 0.510. The Bertz CT molecular complexity index is 983. The molecule has 0 saturated carbocycles. The van der Waals surface area contributed by atoms with Gasteiger partial charge in [0.2, 0.25) is 0 Å². The Hall–Kier alpha value is -3.13. The molecule has 0 atom stereocenters. The van der Waals surface area contributed by atoms with Crippen LogP contribution in [0.5, 0.6) is 0 Å². The molecule has 2 nitrogen and oxygen atoms in total. The summed E-state index contributed by atoms with van der Waals surface area (Å²) in [5, 5.41) is 0.961. The fourth-order valence-electron chi connectivity index (χ4n) is 3.00. The van der Waals surface area contributed by atoms with Crippen LogP contribution in [0.4, 0.5) is 0 Å². The summed E-state index contributed by atoms with van der Waals surface area (Å²) >= 11 is 0. The van der Waals surface area contributed by atoms with E-state index in [4.69, 9.17) is 0 Å². The van der Waals surface area contributed by atoms with E-state index in [0.717, 1.165) is 39.6 Å². The van der Waals surface area contributed by atoms with Crippen molar-refractivity contribution in [2.24, 2.45) is 0 Å². The fraction of sp³-hybridized carbons (Fsp3) is 0. The Morgan fingerprint density at radius 3 is 2.22 bits per heavy atom. The summed E-state index contributed by atoms with van der Waals surface area (Å²) in [7, 11) is 0. The van der Waals surface area contributed by atoms with Crippen molar-refractivity contribution in [2.75, 3.05) is 0 Å². The zero-order valence-corrected chi connectivity index (χ0v) is 12.5. The molecule has 2 heteroatoms. The normalized spacial score (nSPS) is 10.8. The van der Waals surface area contributed by atoms with Crippen LogP contribution in [0.25, 0.3) is 33.3 Å². The number of hydrogen-bond acceptors (Lipinski definition) is 1. The molecule has 0 aliphatic carbocycles. The van der Waals surface area contributed by atoms with Crippen molar-refractivity contribution >= 4 is 17.2 Å². The minimum atomic E-state index is 0.714. The highest BCUT2D eigenvalue weighted by Crippen LogP contribution is 2.31. The summed E-state index contributed by atoms with van der Waals surface area (Å²) in [6.07, 6.45) is 0.934. The zero-order valence-electron chi connectivity index (χ0n) is 12.5. The summed E-state index contributed by atoms with van der Waals surface area (Å²) in [4.78, 5) is 15.0. The van der Waals surface area contributed by atoms with Gasteiger partial charge in [0.1, 0.15) is 0 Å². The molecule has 1 heterocycles. The molecule has 0 fully saturated rings. The van der Waals surface area contributed by atoms with E-state index in [-0.39, 0.29) is 0 Å². The van der Waals surface area contributed by atoms with Crippen molar-refractivity contribution in [3.8, 4) is 22.4 Å². The molecule has 0 amide bonds. The lowest BCUT2D eigenvalue weighted by molar-refractivity contribution is 0.112. The van der Waals surface area contributed by atoms with Crippen LogP contribution >= 0.6 is 0 Å².